The third-order valence-corrected chi connectivity index (χ3v) is 2.59. The van der Waals surface area contributed by atoms with Gasteiger partial charge in [-0.2, -0.15) is 13.2 Å². The van der Waals surface area contributed by atoms with Crippen LogP contribution in [0.25, 0.3) is 0 Å². The maximum atomic E-state index is 12.4. The molecular formula is C11H17F3N2O2. The number of rotatable bonds is 4. The number of hydrogen-bond acceptors (Lipinski definition) is 2. The topological polar surface area (TPSA) is 49.4 Å². The Kier molecular flexibility index (Phi) is 4.59. The van der Waals surface area contributed by atoms with Gasteiger partial charge in [0.25, 0.3) is 0 Å². The Bertz CT molecular complexity index is 329. The Balaban J connectivity index is 2.69. The summed E-state index contributed by atoms with van der Waals surface area (Å²) < 4.78 is 37.2. The van der Waals surface area contributed by atoms with Gasteiger partial charge in [0.15, 0.2) is 0 Å². The molecule has 1 aliphatic heterocycles. The van der Waals surface area contributed by atoms with Crippen molar-refractivity contribution in [2.24, 2.45) is 11.8 Å². The van der Waals surface area contributed by atoms with E-state index in [1.807, 2.05) is 0 Å². The molecule has 0 bridgehead atoms. The van der Waals surface area contributed by atoms with E-state index in [-0.39, 0.29) is 31.3 Å². The van der Waals surface area contributed by atoms with Gasteiger partial charge in [-0.25, -0.2) is 0 Å². The van der Waals surface area contributed by atoms with Crippen LogP contribution in [0.1, 0.15) is 20.3 Å². The standard InChI is InChI=1S/C11H17F3N2O2/c1-7(2)5-16(6-11(12,13)14)10(18)8-3-9(17)15-4-8/h7-8H,3-6H2,1-2H3,(H,15,17). The molecule has 0 aromatic carbocycles. The first-order valence-electron chi connectivity index (χ1n) is 5.81. The predicted molar refractivity (Wildman–Crippen MR) is 58.6 cm³/mol. The predicted octanol–water partition coefficient (Wildman–Crippen LogP) is 1.17. The second-order valence-corrected chi connectivity index (χ2v) is 4.93. The highest BCUT2D eigenvalue weighted by Gasteiger charge is 2.37. The first-order valence-corrected chi connectivity index (χ1v) is 5.81. The molecule has 18 heavy (non-hydrogen) atoms. The molecule has 4 nitrogen and oxygen atoms in total. The van der Waals surface area contributed by atoms with Gasteiger partial charge in [-0.1, -0.05) is 13.8 Å². The van der Waals surface area contributed by atoms with Gasteiger partial charge in [0.2, 0.25) is 11.8 Å². The Morgan fingerprint density at radius 3 is 2.50 bits per heavy atom. The smallest absolute Gasteiger partial charge is 0.355 e. The maximum Gasteiger partial charge on any atom is 0.406 e. The van der Waals surface area contributed by atoms with E-state index in [1.54, 1.807) is 13.8 Å². The molecule has 1 saturated heterocycles. The molecule has 1 unspecified atom stereocenters. The third kappa shape index (κ3) is 4.54. The molecule has 1 heterocycles. The third-order valence-electron chi connectivity index (χ3n) is 2.59. The fraction of sp³-hybridized carbons (Fsp3) is 0.818. The van der Waals surface area contributed by atoms with Gasteiger partial charge in [0.05, 0.1) is 5.92 Å². The van der Waals surface area contributed by atoms with Crippen LogP contribution in [-0.2, 0) is 9.59 Å². The van der Waals surface area contributed by atoms with Gasteiger partial charge in [-0.05, 0) is 5.92 Å². The van der Waals surface area contributed by atoms with Gasteiger partial charge in [-0.15, -0.1) is 0 Å². The van der Waals surface area contributed by atoms with E-state index >= 15 is 0 Å². The normalized spacial score (nSPS) is 20.1. The number of carbonyl (C=O) groups is 2. The van der Waals surface area contributed by atoms with E-state index in [9.17, 15) is 22.8 Å². The van der Waals surface area contributed by atoms with Crippen molar-refractivity contribution in [2.45, 2.75) is 26.4 Å². The minimum absolute atomic E-state index is 0.0225. The molecule has 0 saturated carbocycles. The van der Waals surface area contributed by atoms with Crippen molar-refractivity contribution in [1.29, 1.82) is 0 Å². The van der Waals surface area contributed by atoms with Crippen molar-refractivity contribution in [2.75, 3.05) is 19.6 Å². The van der Waals surface area contributed by atoms with E-state index in [1.165, 1.54) is 0 Å². The maximum absolute atomic E-state index is 12.4. The highest BCUT2D eigenvalue weighted by Crippen LogP contribution is 2.21. The second-order valence-electron chi connectivity index (χ2n) is 4.93. The Morgan fingerprint density at radius 2 is 2.11 bits per heavy atom. The molecule has 1 fully saturated rings. The molecule has 1 N–H and O–H groups in total. The zero-order valence-electron chi connectivity index (χ0n) is 10.4. The van der Waals surface area contributed by atoms with E-state index in [4.69, 9.17) is 0 Å². The molecule has 1 aliphatic rings. The zero-order valence-corrected chi connectivity index (χ0v) is 10.4. The van der Waals surface area contributed by atoms with Crippen LogP contribution in [0.5, 0.6) is 0 Å². The largest absolute Gasteiger partial charge is 0.406 e. The van der Waals surface area contributed by atoms with Crippen LogP contribution in [0.3, 0.4) is 0 Å². The van der Waals surface area contributed by atoms with Crippen LogP contribution in [0, 0.1) is 11.8 Å². The highest BCUT2D eigenvalue weighted by atomic mass is 19.4. The number of nitrogens with zero attached hydrogens (tertiary/aromatic N) is 1. The van der Waals surface area contributed by atoms with Gasteiger partial charge < -0.3 is 10.2 Å². The summed E-state index contributed by atoms with van der Waals surface area (Å²) in [6.45, 7) is 2.41. The van der Waals surface area contributed by atoms with Crippen LogP contribution < -0.4 is 5.32 Å². The number of alkyl halides is 3. The van der Waals surface area contributed by atoms with Gasteiger partial charge in [-0.3, -0.25) is 9.59 Å². The highest BCUT2D eigenvalue weighted by molar-refractivity contribution is 5.89. The summed E-state index contributed by atoms with van der Waals surface area (Å²) in [5.74, 6) is -1.61. The zero-order chi connectivity index (χ0) is 13.9. The van der Waals surface area contributed by atoms with Crippen LogP contribution >= 0.6 is 0 Å². The number of carbonyl (C=O) groups excluding carboxylic acids is 2. The Hall–Kier alpha value is -1.27. The lowest BCUT2D eigenvalue weighted by Gasteiger charge is -2.27. The molecule has 2 amide bonds. The molecular weight excluding hydrogens is 249 g/mol. The summed E-state index contributed by atoms with van der Waals surface area (Å²) in [5.41, 5.74) is 0. The Labute approximate surface area is 104 Å². The minimum Gasteiger partial charge on any atom is -0.355 e. The average Bonchev–Trinajstić information content (AvgIpc) is 2.59. The lowest BCUT2D eigenvalue weighted by Crippen LogP contribution is -2.44. The average molecular weight is 266 g/mol. The van der Waals surface area contributed by atoms with Crippen LogP contribution in [-0.4, -0.2) is 42.5 Å². The van der Waals surface area contributed by atoms with Crippen molar-refractivity contribution in [3.8, 4) is 0 Å². The monoisotopic (exact) mass is 266 g/mol. The van der Waals surface area contributed by atoms with Crippen molar-refractivity contribution in [1.82, 2.24) is 10.2 Å². The molecule has 0 spiro atoms. The van der Waals surface area contributed by atoms with E-state index in [0.29, 0.717) is 0 Å². The molecule has 0 aromatic rings. The molecule has 0 radical (unpaired) electrons. The minimum atomic E-state index is -4.42. The molecule has 7 heteroatoms. The van der Waals surface area contributed by atoms with Crippen molar-refractivity contribution in [3.63, 3.8) is 0 Å². The molecule has 0 aliphatic carbocycles. The molecule has 0 aromatic heterocycles. The molecule has 1 atom stereocenters. The summed E-state index contributed by atoms with van der Waals surface area (Å²) in [6, 6.07) is 0. The lowest BCUT2D eigenvalue weighted by atomic mass is 10.1. The summed E-state index contributed by atoms with van der Waals surface area (Å²) in [4.78, 5) is 23.7. The van der Waals surface area contributed by atoms with E-state index < -0.39 is 24.5 Å². The first-order chi connectivity index (χ1) is 8.19. The SMILES string of the molecule is CC(C)CN(CC(F)(F)F)C(=O)C1CNC(=O)C1. The van der Waals surface area contributed by atoms with Crippen molar-refractivity contribution >= 4 is 11.8 Å². The molecule has 104 valence electrons. The second kappa shape index (κ2) is 5.58. The number of halogens is 3. The fourth-order valence-corrected chi connectivity index (χ4v) is 1.93. The summed E-state index contributed by atoms with van der Waals surface area (Å²) in [6.07, 6.45) is -4.44. The summed E-state index contributed by atoms with van der Waals surface area (Å²) in [5, 5.41) is 2.45. The van der Waals surface area contributed by atoms with Crippen LogP contribution in [0.15, 0.2) is 0 Å². The van der Waals surface area contributed by atoms with Gasteiger partial charge >= 0.3 is 6.18 Å². The number of hydrogen-bond donors (Lipinski definition) is 1. The first kappa shape index (κ1) is 14.8. The van der Waals surface area contributed by atoms with Crippen molar-refractivity contribution in [3.05, 3.63) is 0 Å². The lowest BCUT2D eigenvalue weighted by molar-refractivity contribution is -0.164. The van der Waals surface area contributed by atoms with Crippen molar-refractivity contribution < 1.29 is 22.8 Å². The van der Waals surface area contributed by atoms with Gasteiger partial charge in [0.1, 0.15) is 6.54 Å². The van der Waals surface area contributed by atoms with Crippen LogP contribution in [0.2, 0.25) is 0 Å². The number of nitrogens with one attached hydrogen (secondary N) is 1. The van der Waals surface area contributed by atoms with E-state index in [2.05, 4.69) is 5.32 Å². The summed E-state index contributed by atoms with van der Waals surface area (Å²) in [7, 11) is 0. The quantitative estimate of drug-likeness (QED) is 0.830. The van der Waals surface area contributed by atoms with Crippen LogP contribution in [0.4, 0.5) is 13.2 Å². The Morgan fingerprint density at radius 1 is 1.50 bits per heavy atom. The van der Waals surface area contributed by atoms with E-state index in [0.717, 1.165) is 4.90 Å². The summed E-state index contributed by atoms with van der Waals surface area (Å²) >= 11 is 0. The fourth-order valence-electron chi connectivity index (χ4n) is 1.93. The molecule has 1 rings (SSSR count). The van der Waals surface area contributed by atoms with Gasteiger partial charge in [0, 0.05) is 19.5 Å². The number of amides is 2.